The zero-order valence-electron chi connectivity index (χ0n) is 19.0. The van der Waals surface area contributed by atoms with Crippen LogP contribution in [0.1, 0.15) is 22.6 Å². The summed E-state index contributed by atoms with van der Waals surface area (Å²) in [5.41, 5.74) is 5.97. The Labute approximate surface area is 205 Å². The van der Waals surface area contributed by atoms with Crippen molar-refractivity contribution >= 4 is 35.1 Å². The number of anilines is 3. The molecule has 0 aliphatic carbocycles. The van der Waals surface area contributed by atoms with Crippen molar-refractivity contribution in [2.45, 2.75) is 5.92 Å². The van der Waals surface area contributed by atoms with E-state index in [4.69, 9.17) is 10.7 Å². The van der Waals surface area contributed by atoms with Crippen LogP contribution >= 0.6 is 0 Å². The lowest BCUT2D eigenvalue weighted by Crippen LogP contribution is -2.09. The van der Waals surface area contributed by atoms with Gasteiger partial charge in [-0.2, -0.15) is 10.5 Å². The summed E-state index contributed by atoms with van der Waals surface area (Å²) in [5.74, 6) is 1.28. The van der Waals surface area contributed by atoms with Gasteiger partial charge in [-0.1, -0.05) is 84.9 Å². The van der Waals surface area contributed by atoms with E-state index >= 15 is 0 Å². The molecule has 4 nitrogen and oxygen atoms in total. The number of nitrogens with zero attached hydrogens (tertiary/aromatic N) is 3. The average molecular weight is 451 g/mol. The van der Waals surface area contributed by atoms with Gasteiger partial charge < -0.3 is 4.90 Å². The first-order valence-electron chi connectivity index (χ1n) is 11.1. The standard InChI is InChI=1S/C31H22N4/c32-21-27(22-33)31(23-34)26-17-13-24(14-18-26)11-12-25-15-19-30(20-16-25)35(28-7-3-1-4-8-28)29-9-5-2-6-10-29/h1-20,31-32H/b12-11+. The Hall–Kier alpha value is -5.15. The lowest BCUT2D eigenvalue weighted by atomic mass is 9.93. The van der Waals surface area contributed by atoms with Crippen molar-refractivity contribution in [1.82, 2.24) is 0 Å². The molecule has 4 aromatic rings. The lowest BCUT2D eigenvalue weighted by molar-refractivity contribution is 1.05. The molecule has 0 fully saturated rings. The molecule has 35 heavy (non-hydrogen) atoms. The van der Waals surface area contributed by atoms with E-state index in [1.807, 2.05) is 78.9 Å². The molecular weight excluding hydrogens is 428 g/mol. The van der Waals surface area contributed by atoms with Crippen molar-refractivity contribution in [3.63, 3.8) is 0 Å². The molecule has 0 bridgehead atoms. The maximum atomic E-state index is 9.38. The monoisotopic (exact) mass is 450 g/mol. The molecule has 4 rings (SSSR count). The van der Waals surface area contributed by atoms with E-state index in [1.165, 1.54) is 0 Å². The number of para-hydroxylation sites is 2. The molecular formula is C31H22N4. The molecule has 0 amide bonds. The maximum Gasteiger partial charge on any atom is 0.115 e. The van der Waals surface area contributed by atoms with Crippen LogP contribution in [0.4, 0.5) is 17.1 Å². The van der Waals surface area contributed by atoms with E-state index in [0.29, 0.717) is 5.56 Å². The quantitative estimate of drug-likeness (QED) is 0.179. The molecule has 4 aromatic carbocycles. The summed E-state index contributed by atoms with van der Waals surface area (Å²) in [5, 5.41) is 25.7. The Bertz CT molecular complexity index is 1390. The highest BCUT2D eigenvalue weighted by molar-refractivity contribution is 5.78. The first-order valence-corrected chi connectivity index (χ1v) is 11.1. The van der Waals surface area contributed by atoms with E-state index in [9.17, 15) is 5.26 Å². The number of nitriles is 2. The highest BCUT2D eigenvalue weighted by Crippen LogP contribution is 2.34. The van der Waals surface area contributed by atoms with E-state index < -0.39 is 5.92 Å². The minimum atomic E-state index is -0.778. The second-order valence-electron chi connectivity index (χ2n) is 7.81. The van der Waals surface area contributed by atoms with Gasteiger partial charge in [0.1, 0.15) is 17.6 Å². The summed E-state index contributed by atoms with van der Waals surface area (Å²) in [7, 11) is 0. The number of nitrogens with one attached hydrogen (secondary N) is 1. The van der Waals surface area contributed by atoms with Gasteiger partial charge in [0.2, 0.25) is 0 Å². The van der Waals surface area contributed by atoms with Crippen molar-refractivity contribution in [3.05, 3.63) is 131 Å². The third kappa shape index (κ3) is 5.44. The van der Waals surface area contributed by atoms with Crippen molar-refractivity contribution in [1.29, 1.82) is 15.9 Å². The number of benzene rings is 4. The zero-order valence-corrected chi connectivity index (χ0v) is 19.0. The van der Waals surface area contributed by atoms with Crippen LogP contribution in [-0.4, -0.2) is 5.87 Å². The molecule has 0 spiro atoms. The van der Waals surface area contributed by atoms with Crippen LogP contribution in [-0.2, 0) is 0 Å². The van der Waals surface area contributed by atoms with E-state index in [1.54, 1.807) is 0 Å². The molecule has 0 saturated heterocycles. The van der Waals surface area contributed by atoms with Crippen LogP contribution in [0.15, 0.2) is 115 Å². The SMILES string of the molecule is N#CC(=C=N)C(C#N)c1ccc(/C=C/c2ccc(N(c3ccccc3)c3ccccc3)cc2)cc1. The molecule has 1 unspecified atom stereocenters. The zero-order chi connectivity index (χ0) is 24.5. The number of hydrogen-bond donors (Lipinski definition) is 1. The minimum Gasteiger partial charge on any atom is -0.311 e. The largest absolute Gasteiger partial charge is 0.311 e. The van der Waals surface area contributed by atoms with Gasteiger partial charge in [0.05, 0.1) is 6.07 Å². The van der Waals surface area contributed by atoms with Gasteiger partial charge in [0, 0.05) is 17.1 Å². The summed E-state index contributed by atoms with van der Waals surface area (Å²) < 4.78 is 0. The van der Waals surface area contributed by atoms with Crippen LogP contribution in [0, 0.1) is 28.1 Å². The van der Waals surface area contributed by atoms with E-state index in [-0.39, 0.29) is 5.57 Å². The molecule has 0 heterocycles. The summed E-state index contributed by atoms with van der Waals surface area (Å²) >= 11 is 0. The normalized spacial score (nSPS) is 11.1. The Kier molecular flexibility index (Phi) is 7.32. The molecule has 1 atom stereocenters. The number of rotatable bonds is 7. The highest BCUT2D eigenvalue weighted by Gasteiger charge is 2.16. The molecule has 166 valence electrons. The number of hydrogen-bond acceptors (Lipinski definition) is 4. The van der Waals surface area contributed by atoms with Gasteiger partial charge in [-0.25, -0.2) is 0 Å². The average Bonchev–Trinajstić information content (AvgIpc) is 2.93. The summed E-state index contributed by atoms with van der Waals surface area (Å²) in [6, 6.07) is 40.3. The van der Waals surface area contributed by atoms with Crippen LogP contribution in [0.2, 0.25) is 0 Å². The fourth-order valence-electron chi connectivity index (χ4n) is 3.80. The molecule has 0 saturated carbocycles. The fraction of sp³-hybridized carbons (Fsp3) is 0.0323. The van der Waals surface area contributed by atoms with Gasteiger partial charge in [0.15, 0.2) is 0 Å². The van der Waals surface area contributed by atoms with Gasteiger partial charge in [-0.3, -0.25) is 5.41 Å². The Morgan fingerprint density at radius 2 is 1.11 bits per heavy atom. The molecule has 0 aliphatic heterocycles. The molecule has 1 N–H and O–H groups in total. The van der Waals surface area contributed by atoms with Crippen molar-refractivity contribution in [2.24, 2.45) is 0 Å². The third-order valence-corrected chi connectivity index (χ3v) is 5.59. The minimum absolute atomic E-state index is 0.0101. The first-order chi connectivity index (χ1) is 17.2. The predicted octanol–water partition coefficient (Wildman–Crippen LogP) is 7.63. The summed E-state index contributed by atoms with van der Waals surface area (Å²) in [6.45, 7) is 0. The molecule has 0 radical (unpaired) electrons. The van der Waals surface area contributed by atoms with Crippen LogP contribution < -0.4 is 4.90 Å². The molecule has 4 heteroatoms. The van der Waals surface area contributed by atoms with Crippen molar-refractivity contribution < 1.29 is 0 Å². The molecule has 0 aromatic heterocycles. The van der Waals surface area contributed by atoms with Crippen LogP contribution in [0.25, 0.3) is 12.2 Å². The second kappa shape index (κ2) is 11.1. The van der Waals surface area contributed by atoms with Gasteiger partial charge in [-0.05, 0) is 59.0 Å². The lowest BCUT2D eigenvalue weighted by Gasteiger charge is -2.25. The smallest absolute Gasteiger partial charge is 0.115 e. The Morgan fingerprint density at radius 3 is 1.54 bits per heavy atom. The van der Waals surface area contributed by atoms with Crippen LogP contribution in [0.3, 0.4) is 0 Å². The maximum absolute atomic E-state index is 9.38. The van der Waals surface area contributed by atoms with E-state index in [2.05, 4.69) is 65.4 Å². The van der Waals surface area contributed by atoms with Gasteiger partial charge >= 0.3 is 0 Å². The van der Waals surface area contributed by atoms with E-state index in [0.717, 1.165) is 28.2 Å². The summed E-state index contributed by atoms with van der Waals surface area (Å²) in [4.78, 5) is 2.22. The fourth-order valence-corrected chi connectivity index (χ4v) is 3.80. The van der Waals surface area contributed by atoms with Gasteiger partial charge in [0.25, 0.3) is 0 Å². The first kappa shape index (κ1) is 23.0. The van der Waals surface area contributed by atoms with Gasteiger partial charge in [-0.15, -0.1) is 0 Å². The highest BCUT2D eigenvalue weighted by atomic mass is 15.1. The number of allylic oxidation sites excluding steroid dienone is 1. The Morgan fingerprint density at radius 1 is 0.657 bits per heavy atom. The molecule has 0 aliphatic rings. The van der Waals surface area contributed by atoms with Crippen molar-refractivity contribution in [3.8, 4) is 12.1 Å². The van der Waals surface area contributed by atoms with Crippen LogP contribution in [0.5, 0.6) is 0 Å². The summed E-state index contributed by atoms with van der Waals surface area (Å²) in [6.07, 6.45) is 4.04. The second-order valence-corrected chi connectivity index (χ2v) is 7.81. The Balaban J connectivity index is 1.54. The topological polar surface area (TPSA) is 74.7 Å². The predicted molar refractivity (Wildman–Crippen MR) is 142 cm³/mol. The van der Waals surface area contributed by atoms with Crippen molar-refractivity contribution in [2.75, 3.05) is 4.90 Å². The third-order valence-electron chi connectivity index (χ3n) is 5.59.